The molecule has 0 atom stereocenters. The van der Waals surface area contributed by atoms with Crippen LogP contribution in [0.5, 0.6) is 5.75 Å². The van der Waals surface area contributed by atoms with Crippen LogP contribution in [0.25, 0.3) is 0 Å². The minimum absolute atomic E-state index is 0.0104. The van der Waals surface area contributed by atoms with E-state index in [0.29, 0.717) is 18.6 Å². The summed E-state index contributed by atoms with van der Waals surface area (Å²) < 4.78 is 39.8. The quantitative estimate of drug-likeness (QED) is 0.329. The van der Waals surface area contributed by atoms with Gasteiger partial charge in [0, 0.05) is 0 Å². The van der Waals surface area contributed by atoms with Crippen molar-refractivity contribution in [1.82, 2.24) is 0 Å². The van der Waals surface area contributed by atoms with Crippen LogP contribution < -0.4 is 4.74 Å². The van der Waals surface area contributed by atoms with Gasteiger partial charge in [-0.05, 0) is 80.8 Å². The summed E-state index contributed by atoms with van der Waals surface area (Å²) in [6.07, 6.45) is 15.9. The Balaban J connectivity index is 1.32. The first kappa shape index (κ1) is 24.5. The molecule has 0 aliphatic heterocycles. The molecule has 1 aromatic rings. The molecule has 176 valence electrons. The maximum atomic E-state index is 14.2. The van der Waals surface area contributed by atoms with Crippen LogP contribution in [0.1, 0.15) is 96.5 Å². The van der Waals surface area contributed by atoms with Gasteiger partial charge in [-0.25, -0.2) is 4.39 Å². The Kier molecular flexibility index (Phi) is 10.1. The highest BCUT2D eigenvalue weighted by Crippen LogP contribution is 2.41. The van der Waals surface area contributed by atoms with Gasteiger partial charge in [-0.3, -0.25) is 0 Å². The van der Waals surface area contributed by atoms with Crippen LogP contribution in [0.15, 0.2) is 12.1 Å². The van der Waals surface area contributed by atoms with E-state index in [1.54, 1.807) is 12.1 Å². The zero-order valence-electron chi connectivity index (χ0n) is 19.6. The zero-order chi connectivity index (χ0) is 22.1. The Morgan fingerprint density at radius 2 is 1.48 bits per heavy atom. The van der Waals surface area contributed by atoms with Gasteiger partial charge in [0.25, 0.3) is 0 Å². The summed E-state index contributed by atoms with van der Waals surface area (Å²) in [5.74, 6) is 1.13. The first-order valence-electron chi connectivity index (χ1n) is 12.8. The van der Waals surface area contributed by atoms with Crippen molar-refractivity contribution in [2.24, 2.45) is 17.8 Å². The summed E-state index contributed by atoms with van der Waals surface area (Å²) in [5, 5.41) is 0. The molecule has 0 unspecified atom stereocenters. The molecular weight excluding hydrogens is 394 g/mol. The standard InChI is InChI=1S/C27H42F2O2/c1-3-5-7-23-14-17-25(27(29)26(23)28)31-19-18-30-24-15-12-22(13-16-24)21-10-8-20(6-4-2)9-11-21/h14,17,20-22,24H,3-13,15-16,18-19H2,1-2H3. The molecule has 4 heteroatoms. The molecule has 0 aromatic heterocycles. The lowest BCUT2D eigenvalue weighted by atomic mass is 9.70. The van der Waals surface area contributed by atoms with Crippen molar-refractivity contribution in [2.75, 3.05) is 13.2 Å². The van der Waals surface area contributed by atoms with E-state index in [9.17, 15) is 8.78 Å². The Bertz CT molecular complexity index is 647. The first-order valence-corrected chi connectivity index (χ1v) is 12.8. The third-order valence-corrected chi connectivity index (χ3v) is 7.59. The topological polar surface area (TPSA) is 18.5 Å². The lowest BCUT2D eigenvalue weighted by Gasteiger charge is -2.37. The van der Waals surface area contributed by atoms with Gasteiger partial charge in [0.05, 0.1) is 12.7 Å². The lowest BCUT2D eigenvalue weighted by Crippen LogP contribution is -2.29. The fourth-order valence-electron chi connectivity index (χ4n) is 5.69. The van der Waals surface area contributed by atoms with Gasteiger partial charge in [0.1, 0.15) is 6.61 Å². The van der Waals surface area contributed by atoms with Gasteiger partial charge >= 0.3 is 0 Å². The molecule has 0 saturated heterocycles. The van der Waals surface area contributed by atoms with Crippen LogP contribution in [-0.2, 0) is 11.2 Å². The normalized spacial score (nSPS) is 26.7. The molecular formula is C27H42F2O2. The van der Waals surface area contributed by atoms with Crippen LogP contribution in [0, 0.1) is 29.4 Å². The fourth-order valence-corrected chi connectivity index (χ4v) is 5.69. The highest BCUT2D eigenvalue weighted by Gasteiger charge is 2.30. The van der Waals surface area contributed by atoms with E-state index in [-0.39, 0.29) is 18.5 Å². The van der Waals surface area contributed by atoms with Crippen LogP contribution in [0.4, 0.5) is 8.78 Å². The number of hydrogen-bond donors (Lipinski definition) is 0. The van der Waals surface area contributed by atoms with Crippen LogP contribution in [-0.4, -0.2) is 19.3 Å². The summed E-state index contributed by atoms with van der Waals surface area (Å²) in [5.41, 5.74) is 0.429. The predicted octanol–water partition coefficient (Wildman–Crippen LogP) is 7.87. The van der Waals surface area contributed by atoms with E-state index in [1.165, 1.54) is 51.4 Å². The van der Waals surface area contributed by atoms with Crippen LogP contribution >= 0.6 is 0 Å². The van der Waals surface area contributed by atoms with E-state index in [4.69, 9.17) is 9.47 Å². The molecule has 0 N–H and O–H groups in total. The Morgan fingerprint density at radius 3 is 2.13 bits per heavy atom. The fraction of sp³-hybridized carbons (Fsp3) is 0.778. The Hall–Kier alpha value is -1.16. The molecule has 31 heavy (non-hydrogen) atoms. The molecule has 0 radical (unpaired) electrons. The van der Waals surface area contributed by atoms with E-state index in [0.717, 1.165) is 43.4 Å². The highest BCUT2D eigenvalue weighted by atomic mass is 19.2. The van der Waals surface area contributed by atoms with Gasteiger partial charge in [-0.1, -0.05) is 52.0 Å². The van der Waals surface area contributed by atoms with Crippen molar-refractivity contribution in [3.63, 3.8) is 0 Å². The van der Waals surface area contributed by atoms with E-state index in [1.807, 2.05) is 6.92 Å². The smallest absolute Gasteiger partial charge is 0.200 e. The van der Waals surface area contributed by atoms with Gasteiger partial charge < -0.3 is 9.47 Å². The van der Waals surface area contributed by atoms with Crippen LogP contribution in [0.3, 0.4) is 0 Å². The minimum Gasteiger partial charge on any atom is -0.488 e. The molecule has 2 aliphatic rings. The Labute approximate surface area is 188 Å². The van der Waals surface area contributed by atoms with Gasteiger partial charge in [0.2, 0.25) is 5.82 Å². The maximum absolute atomic E-state index is 14.2. The maximum Gasteiger partial charge on any atom is 0.200 e. The number of hydrogen-bond acceptors (Lipinski definition) is 2. The van der Waals surface area contributed by atoms with Crippen molar-refractivity contribution in [1.29, 1.82) is 0 Å². The summed E-state index contributed by atoms with van der Waals surface area (Å²) in [4.78, 5) is 0. The van der Waals surface area contributed by atoms with E-state index >= 15 is 0 Å². The van der Waals surface area contributed by atoms with Crippen molar-refractivity contribution >= 4 is 0 Å². The summed E-state index contributed by atoms with van der Waals surface area (Å²) in [6, 6.07) is 3.19. The predicted molar refractivity (Wildman–Crippen MR) is 123 cm³/mol. The molecule has 3 rings (SSSR count). The summed E-state index contributed by atoms with van der Waals surface area (Å²) in [7, 11) is 0. The summed E-state index contributed by atoms with van der Waals surface area (Å²) in [6.45, 7) is 5.02. The second kappa shape index (κ2) is 12.8. The van der Waals surface area contributed by atoms with Crippen molar-refractivity contribution in [2.45, 2.75) is 103 Å². The van der Waals surface area contributed by atoms with E-state index in [2.05, 4.69) is 6.92 Å². The molecule has 2 aliphatic carbocycles. The minimum atomic E-state index is -0.872. The van der Waals surface area contributed by atoms with Gasteiger partial charge in [-0.15, -0.1) is 0 Å². The van der Waals surface area contributed by atoms with Crippen LogP contribution in [0.2, 0.25) is 0 Å². The number of unbranched alkanes of at least 4 members (excludes halogenated alkanes) is 1. The number of halogens is 2. The van der Waals surface area contributed by atoms with Crippen molar-refractivity contribution in [3.8, 4) is 5.75 Å². The molecule has 2 nitrogen and oxygen atoms in total. The molecule has 0 amide bonds. The molecule has 0 bridgehead atoms. The third-order valence-electron chi connectivity index (χ3n) is 7.59. The average Bonchev–Trinajstić information content (AvgIpc) is 2.80. The highest BCUT2D eigenvalue weighted by molar-refractivity contribution is 5.31. The van der Waals surface area contributed by atoms with Crippen molar-refractivity contribution < 1.29 is 18.3 Å². The summed E-state index contributed by atoms with van der Waals surface area (Å²) >= 11 is 0. The van der Waals surface area contributed by atoms with Gasteiger partial charge in [-0.2, -0.15) is 4.39 Å². The molecule has 2 fully saturated rings. The zero-order valence-corrected chi connectivity index (χ0v) is 19.6. The molecule has 1 aromatic carbocycles. The lowest BCUT2D eigenvalue weighted by molar-refractivity contribution is -0.00517. The second-order valence-electron chi connectivity index (χ2n) is 9.78. The molecule has 0 spiro atoms. The third kappa shape index (κ3) is 7.17. The molecule has 2 saturated carbocycles. The van der Waals surface area contributed by atoms with Gasteiger partial charge in [0.15, 0.2) is 11.6 Å². The SMILES string of the molecule is CCCCc1ccc(OCCOC2CCC(C3CCC(CCC)CC3)CC2)c(F)c1F. The second-order valence-corrected chi connectivity index (χ2v) is 9.78. The monoisotopic (exact) mass is 436 g/mol. The average molecular weight is 437 g/mol. The number of benzene rings is 1. The number of ether oxygens (including phenoxy) is 2. The van der Waals surface area contributed by atoms with E-state index < -0.39 is 11.6 Å². The first-order chi connectivity index (χ1) is 15.1. The Morgan fingerprint density at radius 1 is 0.806 bits per heavy atom. The number of aryl methyl sites for hydroxylation is 1. The van der Waals surface area contributed by atoms with Crippen molar-refractivity contribution in [3.05, 3.63) is 29.3 Å². The number of rotatable bonds is 11. The largest absolute Gasteiger partial charge is 0.488 e. The molecule has 0 heterocycles.